The second kappa shape index (κ2) is 3.64. The summed E-state index contributed by atoms with van der Waals surface area (Å²) in [4.78, 5) is 0. The van der Waals surface area contributed by atoms with Crippen LogP contribution in [0.3, 0.4) is 0 Å². The number of benzene rings is 1. The second-order valence-electron chi connectivity index (χ2n) is 5.23. The van der Waals surface area contributed by atoms with E-state index in [2.05, 4.69) is 29.6 Å². The van der Waals surface area contributed by atoms with Crippen LogP contribution in [0.5, 0.6) is 0 Å². The highest BCUT2D eigenvalue weighted by atomic mass is 14.9. The third kappa shape index (κ3) is 1.69. The van der Waals surface area contributed by atoms with Gasteiger partial charge < -0.3 is 5.32 Å². The van der Waals surface area contributed by atoms with Gasteiger partial charge in [-0.05, 0) is 55.2 Å². The molecule has 1 nitrogen and oxygen atoms in total. The average Bonchev–Trinajstić information content (AvgIpc) is 2.30. The van der Waals surface area contributed by atoms with Crippen molar-refractivity contribution in [2.45, 2.75) is 32.1 Å². The third-order valence-electron chi connectivity index (χ3n) is 4.17. The predicted octanol–water partition coefficient (Wildman–Crippen LogP) is 2.55. The summed E-state index contributed by atoms with van der Waals surface area (Å²) in [7, 11) is 0. The van der Waals surface area contributed by atoms with Gasteiger partial charge in [-0.1, -0.05) is 24.3 Å². The lowest BCUT2D eigenvalue weighted by atomic mass is 9.68. The number of hydrogen-bond donors (Lipinski definition) is 1. The summed E-state index contributed by atoms with van der Waals surface area (Å²) < 4.78 is 0. The minimum absolute atomic E-state index is 0.590. The Morgan fingerprint density at radius 2 is 1.93 bits per heavy atom. The van der Waals surface area contributed by atoms with E-state index in [4.69, 9.17) is 0 Å². The lowest BCUT2D eigenvalue weighted by Crippen LogP contribution is -2.43. The number of piperidine rings is 1. The van der Waals surface area contributed by atoms with Crippen LogP contribution in [-0.4, -0.2) is 13.1 Å². The van der Waals surface area contributed by atoms with Crippen molar-refractivity contribution in [3.05, 3.63) is 35.4 Å². The minimum Gasteiger partial charge on any atom is -0.316 e. The molecule has 1 unspecified atom stereocenters. The summed E-state index contributed by atoms with van der Waals surface area (Å²) in [6.07, 6.45) is 6.77. The van der Waals surface area contributed by atoms with Crippen molar-refractivity contribution < 1.29 is 0 Å². The van der Waals surface area contributed by atoms with E-state index in [0.29, 0.717) is 5.41 Å². The highest BCUT2D eigenvalue weighted by Gasteiger charge is 2.35. The minimum atomic E-state index is 0.590. The van der Waals surface area contributed by atoms with Gasteiger partial charge in [0.05, 0.1) is 0 Å². The van der Waals surface area contributed by atoms with Crippen LogP contribution >= 0.6 is 0 Å². The average molecular weight is 201 g/mol. The van der Waals surface area contributed by atoms with E-state index in [-0.39, 0.29) is 0 Å². The molecule has 1 atom stereocenters. The summed E-state index contributed by atoms with van der Waals surface area (Å²) in [6, 6.07) is 8.99. The van der Waals surface area contributed by atoms with Gasteiger partial charge in [0.1, 0.15) is 0 Å². The summed E-state index contributed by atoms with van der Waals surface area (Å²) in [6.45, 7) is 2.46. The van der Waals surface area contributed by atoms with Gasteiger partial charge in [0, 0.05) is 6.54 Å². The molecule has 1 aromatic carbocycles. The number of nitrogens with one attached hydrogen (secondary N) is 1. The zero-order chi connectivity index (χ0) is 10.1. The Bertz CT molecular complexity index is 350. The zero-order valence-electron chi connectivity index (χ0n) is 9.26. The molecule has 1 fully saturated rings. The van der Waals surface area contributed by atoms with Crippen molar-refractivity contribution in [2.75, 3.05) is 13.1 Å². The molecule has 1 aliphatic heterocycles. The van der Waals surface area contributed by atoms with Crippen LogP contribution in [0.2, 0.25) is 0 Å². The normalized spacial score (nSPS) is 30.1. The molecule has 0 bridgehead atoms. The van der Waals surface area contributed by atoms with Crippen molar-refractivity contribution in [1.29, 1.82) is 0 Å². The fourth-order valence-corrected chi connectivity index (χ4v) is 3.26. The molecule has 1 heterocycles. The van der Waals surface area contributed by atoms with Gasteiger partial charge in [-0.3, -0.25) is 0 Å². The lowest BCUT2D eigenvalue weighted by molar-refractivity contribution is 0.180. The molecule has 15 heavy (non-hydrogen) atoms. The smallest absolute Gasteiger partial charge is 0.00111 e. The van der Waals surface area contributed by atoms with Crippen molar-refractivity contribution in [1.82, 2.24) is 5.32 Å². The molecule has 2 aliphatic rings. The Balaban J connectivity index is 1.87. The van der Waals surface area contributed by atoms with Crippen LogP contribution in [0.15, 0.2) is 24.3 Å². The Hall–Kier alpha value is -0.820. The molecule has 0 saturated carbocycles. The highest BCUT2D eigenvalue weighted by molar-refractivity contribution is 5.31. The van der Waals surface area contributed by atoms with Gasteiger partial charge in [0.15, 0.2) is 0 Å². The van der Waals surface area contributed by atoms with Gasteiger partial charge in [-0.15, -0.1) is 0 Å². The fraction of sp³-hybridized carbons (Fsp3) is 0.571. The Morgan fingerprint density at radius 3 is 2.73 bits per heavy atom. The summed E-state index contributed by atoms with van der Waals surface area (Å²) >= 11 is 0. The lowest BCUT2D eigenvalue weighted by Gasteiger charge is -2.41. The molecular weight excluding hydrogens is 182 g/mol. The van der Waals surface area contributed by atoms with Gasteiger partial charge >= 0.3 is 0 Å². The first-order valence-corrected chi connectivity index (χ1v) is 6.16. The number of aryl methyl sites for hydroxylation is 1. The number of hydrogen-bond acceptors (Lipinski definition) is 1. The van der Waals surface area contributed by atoms with E-state index < -0.39 is 0 Å². The van der Waals surface area contributed by atoms with E-state index in [9.17, 15) is 0 Å². The van der Waals surface area contributed by atoms with Crippen LogP contribution in [0.25, 0.3) is 0 Å². The van der Waals surface area contributed by atoms with Crippen molar-refractivity contribution in [3.8, 4) is 0 Å². The quantitative estimate of drug-likeness (QED) is 0.680. The third-order valence-corrected chi connectivity index (χ3v) is 4.17. The number of rotatable bonds is 0. The second-order valence-corrected chi connectivity index (χ2v) is 5.23. The van der Waals surface area contributed by atoms with Crippen LogP contribution in [0.4, 0.5) is 0 Å². The van der Waals surface area contributed by atoms with Gasteiger partial charge in [-0.2, -0.15) is 0 Å². The molecule has 80 valence electrons. The predicted molar refractivity (Wildman–Crippen MR) is 63.0 cm³/mol. The Morgan fingerprint density at radius 1 is 1.07 bits per heavy atom. The molecule has 0 radical (unpaired) electrons. The Kier molecular flexibility index (Phi) is 2.28. The fourth-order valence-electron chi connectivity index (χ4n) is 3.26. The molecule has 1 aliphatic carbocycles. The van der Waals surface area contributed by atoms with E-state index in [0.717, 1.165) is 0 Å². The maximum absolute atomic E-state index is 3.58. The molecule has 1 saturated heterocycles. The van der Waals surface area contributed by atoms with E-state index >= 15 is 0 Å². The van der Waals surface area contributed by atoms with Crippen LogP contribution in [0, 0.1) is 5.41 Å². The first-order valence-electron chi connectivity index (χ1n) is 6.16. The van der Waals surface area contributed by atoms with Crippen molar-refractivity contribution >= 4 is 0 Å². The standard InChI is InChI=1S/C14H19N/c1-2-5-13-10-14(7-3-9-15-11-14)8-6-12(13)4-1/h1-2,4-5,15H,3,6-11H2. The van der Waals surface area contributed by atoms with Gasteiger partial charge in [-0.25, -0.2) is 0 Å². The molecule has 0 aromatic heterocycles. The Labute approximate surface area is 91.9 Å². The molecule has 1 N–H and O–H groups in total. The SMILES string of the molecule is c1ccc2c(c1)CCC1(CCCNC1)C2. The summed E-state index contributed by atoms with van der Waals surface area (Å²) in [5.74, 6) is 0. The largest absolute Gasteiger partial charge is 0.316 e. The number of fused-ring (bicyclic) bond motifs is 1. The van der Waals surface area contributed by atoms with Crippen molar-refractivity contribution in [3.63, 3.8) is 0 Å². The van der Waals surface area contributed by atoms with E-state index in [1.165, 1.54) is 45.2 Å². The zero-order valence-corrected chi connectivity index (χ0v) is 9.26. The topological polar surface area (TPSA) is 12.0 Å². The summed E-state index contributed by atoms with van der Waals surface area (Å²) in [5.41, 5.74) is 3.79. The van der Waals surface area contributed by atoms with E-state index in [1.54, 1.807) is 11.1 Å². The molecular formula is C14H19N. The first-order chi connectivity index (χ1) is 7.38. The first kappa shape index (κ1) is 9.41. The molecule has 0 amide bonds. The van der Waals surface area contributed by atoms with E-state index in [1.807, 2.05) is 0 Å². The molecule has 1 aromatic rings. The van der Waals surface area contributed by atoms with Gasteiger partial charge in [0.2, 0.25) is 0 Å². The maximum atomic E-state index is 3.58. The van der Waals surface area contributed by atoms with Crippen molar-refractivity contribution in [2.24, 2.45) is 5.41 Å². The van der Waals surface area contributed by atoms with Gasteiger partial charge in [0.25, 0.3) is 0 Å². The monoisotopic (exact) mass is 201 g/mol. The van der Waals surface area contributed by atoms with Crippen LogP contribution in [-0.2, 0) is 12.8 Å². The highest BCUT2D eigenvalue weighted by Crippen LogP contribution is 2.39. The van der Waals surface area contributed by atoms with Crippen LogP contribution < -0.4 is 5.32 Å². The summed E-state index contributed by atoms with van der Waals surface area (Å²) in [5, 5.41) is 3.58. The molecule has 3 rings (SSSR count). The maximum Gasteiger partial charge on any atom is 0.00111 e. The molecule has 1 spiro atoms. The van der Waals surface area contributed by atoms with Crippen LogP contribution in [0.1, 0.15) is 30.4 Å². The molecule has 1 heteroatoms.